The van der Waals surface area contributed by atoms with Crippen LogP contribution in [0.5, 0.6) is 0 Å². The van der Waals surface area contributed by atoms with Gasteiger partial charge in [0.2, 0.25) is 0 Å². The van der Waals surface area contributed by atoms with E-state index in [1.54, 1.807) is 62.4 Å². The standard InChI is InChI=1S/C11H10BrClO3.C11H11ClO3/c1-2-16-11(15)9(12)10(14)7-3-5-8(13)6-4-7;1-2-15-11(14)7-10(13)8-3-5-9(12)6-4-8/h3-6,9H,2H2,1H3;3-6H,2,7H2,1H3. The highest BCUT2D eigenvalue weighted by molar-refractivity contribution is 9.10. The van der Waals surface area contributed by atoms with E-state index in [-0.39, 0.29) is 31.2 Å². The number of hydrogen-bond donors (Lipinski definition) is 0. The average molecular weight is 532 g/mol. The average Bonchev–Trinajstić information content (AvgIpc) is 2.74. The maximum Gasteiger partial charge on any atom is 0.327 e. The van der Waals surface area contributed by atoms with E-state index < -0.39 is 16.8 Å². The quantitative estimate of drug-likeness (QED) is 0.198. The Labute approximate surface area is 198 Å². The van der Waals surface area contributed by atoms with E-state index in [1.165, 1.54) is 0 Å². The fraction of sp³-hybridized carbons (Fsp3) is 0.273. The number of benzene rings is 2. The lowest BCUT2D eigenvalue weighted by Crippen LogP contribution is -2.26. The molecule has 6 nitrogen and oxygen atoms in total. The first-order valence-electron chi connectivity index (χ1n) is 9.24. The van der Waals surface area contributed by atoms with Crippen molar-refractivity contribution in [3.05, 3.63) is 69.7 Å². The number of ether oxygens (including phenoxy) is 2. The topological polar surface area (TPSA) is 86.7 Å². The van der Waals surface area contributed by atoms with Gasteiger partial charge in [0.05, 0.1) is 13.2 Å². The number of hydrogen-bond acceptors (Lipinski definition) is 6. The van der Waals surface area contributed by atoms with Crippen LogP contribution in [0.15, 0.2) is 48.5 Å². The molecule has 9 heteroatoms. The fourth-order valence-electron chi connectivity index (χ4n) is 2.16. The smallest absolute Gasteiger partial charge is 0.327 e. The van der Waals surface area contributed by atoms with Gasteiger partial charge in [-0.25, -0.2) is 0 Å². The van der Waals surface area contributed by atoms with Gasteiger partial charge in [0, 0.05) is 21.2 Å². The first-order chi connectivity index (χ1) is 14.7. The molecule has 1 unspecified atom stereocenters. The van der Waals surface area contributed by atoms with Gasteiger partial charge >= 0.3 is 11.9 Å². The lowest BCUT2D eigenvalue weighted by atomic mass is 10.1. The Hall–Kier alpha value is -2.22. The van der Waals surface area contributed by atoms with E-state index >= 15 is 0 Å². The molecule has 2 aromatic carbocycles. The molecule has 0 N–H and O–H groups in total. The summed E-state index contributed by atoms with van der Waals surface area (Å²) >= 11 is 14.4. The van der Waals surface area contributed by atoms with E-state index in [0.717, 1.165) is 0 Å². The van der Waals surface area contributed by atoms with Crippen molar-refractivity contribution in [2.24, 2.45) is 0 Å². The molecular weight excluding hydrogens is 511 g/mol. The number of Topliss-reactive ketones (excluding diaryl/α,β-unsaturated/α-hetero) is 2. The summed E-state index contributed by atoms with van der Waals surface area (Å²) in [7, 11) is 0. The minimum atomic E-state index is -0.964. The Morgan fingerprint density at radius 1 is 0.806 bits per heavy atom. The summed E-state index contributed by atoms with van der Waals surface area (Å²) in [6.07, 6.45) is -0.227. The van der Waals surface area contributed by atoms with Crippen molar-refractivity contribution in [3.63, 3.8) is 0 Å². The summed E-state index contributed by atoms with van der Waals surface area (Å²) in [5.74, 6) is -1.68. The Morgan fingerprint density at radius 2 is 1.26 bits per heavy atom. The van der Waals surface area contributed by atoms with E-state index in [4.69, 9.17) is 27.9 Å². The first kappa shape index (κ1) is 26.8. The molecule has 0 fully saturated rings. The van der Waals surface area contributed by atoms with E-state index in [9.17, 15) is 19.2 Å². The van der Waals surface area contributed by atoms with Gasteiger partial charge < -0.3 is 9.47 Å². The van der Waals surface area contributed by atoms with Crippen LogP contribution < -0.4 is 0 Å². The van der Waals surface area contributed by atoms with Crippen LogP contribution in [0.3, 0.4) is 0 Å². The lowest BCUT2D eigenvalue weighted by Gasteiger charge is -2.07. The molecule has 0 saturated carbocycles. The van der Waals surface area contributed by atoms with Crippen LogP contribution >= 0.6 is 39.1 Å². The number of carbonyl (C=O) groups excluding carboxylic acids is 4. The number of alkyl halides is 1. The number of carbonyl (C=O) groups is 4. The highest BCUT2D eigenvalue weighted by Crippen LogP contribution is 2.15. The van der Waals surface area contributed by atoms with Crippen LogP contribution in [0, 0.1) is 0 Å². The molecule has 31 heavy (non-hydrogen) atoms. The second-order valence-corrected chi connectivity index (χ2v) is 7.69. The van der Waals surface area contributed by atoms with Crippen LogP contribution in [-0.2, 0) is 19.1 Å². The zero-order valence-electron chi connectivity index (χ0n) is 16.9. The Bertz CT molecular complexity index is 897. The predicted molar refractivity (Wildman–Crippen MR) is 122 cm³/mol. The third-order valence-electron chi connectivity index (χ3n) is 3.63. The summed E-state index contributed by atoms with van der Waals surface area (Å²) < 4.78 is 9.41. The molecule has 0 spiro atoms. The Morgan fingerprint density at radius 3 is 1.71 bits per heavy atom. The highest BCUT2D eigenvalue weighted by Gasteiger charge is 2.25. The van der Waals surface area contributed by atoms with Gasteiger partial charge in [-0.05, 0) is 62.4 Å². The summed E-state index contributed by atoms with van der Waals surface area (Å²) in [5.41, 5.74) is 0.881. The molecule has 0 bridgehead atoms. The van der Waals surface area contributed by atoms with Crippen LogP contribution in [0.4, 0.5) is 0 Å². The maximum atomic E-state index is 11.8. The fourth-order valence-corrected chi connectivity index (χ4v) is 2.81. The van der Waals surface area contributed by atoms with Gasteiger partial charge in [0.25, 0.3) is 0 Å². The van der Waals surface area contributed by atoms with Gasteiger partial charge in [0.15, 0.2) is 16.4 Å². The van der Waals surface area contributed by atoms with Gasteiger partial charge in [-0.1, -0.05) is 39.1 Å². The van der Waals surface area contributed by atoms with Crippen molar-refractivity contribution in [3.8, 4) is 0 Å². The van der Waals surface area contributed by atoms with Crippen LogP contribution in [0.2, 0.25) is 10.0 Å². The van der Waals surface area contributed by atoms with E-state index in [1.807, 2.05) is 0 Å². The largest absolute Gasteiger partial charge is 0.466 e. The minimum absolute atomic E-state index is 0.227. The zero-order chi connectivity index (χ0) is 23.4. The van der Waals surface area contributed by atoms with Crippen LogP contribution in [0.25, 0.3) is 0 Å². The van der Waals surface area contributed by atoms with E-state index in [2.05, 4.69) is 20.7 Å². The minimum Gasteiger partial charge on any atom is -0.466 e. The zero-order valence-corrected chi connectivity index (χ0v) is 20.0. The van der Waals surface area contributed by atoms with Gasteiger partial charge in [-0.2, -0.15) is 0 Å². The summed E-state index contributed by atoms with van der Waals surface area (Å²) in [6, 6.07) is 12.7. The molecular formula is C22H21BrCl2O6. The molecule has 1 atom stereocenters. The predicted octanol–water partition coefficient (Wildman–Crippen LogP) is 5.33. The van der Waals surface area contributed by atoms with Crippen molar-refractivity contribution < 1.29 is 28.7 Å². The second kappa shape index (κ2) is 14.0. The summed E-state index contributed by atoms with van der Waals surface area (Å²) in [5, 5.41) is 1.10. The molecule has 0 amide bonds. The lowest BCUT2D eigenvalue weighted by molar-refractivity contribution is -0.142. The molecule has 0 aliphatic heterocycles. The van der Waals surface area contributed by atoms with Crippen LogP contribution in [-0.4, -0.2) is 41.5 Å². The highest BCUT2D eigenvalue weighted by atomic mass is 79.9. The molecule has 2 aromatic rings. The Kier molecular flexibility index (Phi) is 12.1. The monoisotopic (exact) mass is 530 g/mol. The number of esters is 2. The summed E-state index contributed by atoms with van der Waals surface area (Å²) in [4.78, 5) is 44.6. The van der Waals surface area contributed by atoms with Crippen molar-refractivity contribution in [1.82, 2.24) is 0 Å². The van der Waals surface area contributed by atoms with Gasteiger partial charge in [-0.15, -0.1) is 0 Å². The van der Waals surface area contributed by atoms with Crippen LogP contribution in [0.1, 0.15) is 41.0 Å². The first-order valence-corrected chi connectivity index (χ1v) is 10.9. The molecule has 2 rings (SSSR count). The normalized spacial score (nSPS) is 10.9. The van der Waals surface area contributed by atoms with Gasteiger partial charge in [-0.3, -0.25) is 19.2 Å². The summed E-state index contributed by atoms with van der Waals surface area (Å²) in [6.45, 7) is 3.91. The molecule has 166 valence electrons. The molecule has 0 saturated heterocycles. The Balaban J connectivity index is 0.000000311. The third kappa shape index (κ3) is 9.63. The third-order valence-corrected chi connectivity index (χ3v) is 4.92. The second-order valence-electron chi connectivity index (χ2n) is 5.90. The maximum absolute atomic E-state index is 11.8. The number of ketones is 2. The molecule has 0 aromatic heterocycles. The molecule has 0 radical (unpaired) electrons. The molecule has 0 aliphatic carbocycles. The SMILES string of the molecule is CCOC(=O)C(Br)C(=O)c1ccc(Cl)cc1.CCOC(=O)CC(=O)c1ccc(Cl)cc1. The number of rotatable bonds is 8. The van der Waals surface area contributed by atoms with Crippen molar-refractivity contribution in [1.29, 1.82) is 0 Å². The van der Waals surface area contributed by atoms with Crippen molar-refractivity contribution >= 4 is 62.6 Å². The van der Waals surface area contributed by atoms with Gasteiger partial charge in [0.1, 0.15) is 6.42 Å². The number of halogens is 3. The van der Waals surface area contributed by atoms with E-state index in [0.29, 0.717) is 21.2 Å². The molecule has 0 heterocycles. The van der Waals surface area contributed by atoms with Crippen molar-refractivity contribution in [2.45, 2.75) is 25.1 Å². The molecule has 0 aliphatic rings. The van der Waals surface area contributed by atoms with Crippen molar-refractivity contribution in [2.75, 3.05) is 13.2 Å².